The van der Waals surface area contributed by atoms with E-state index in [0.29, 0.717) is 51.5 Å². The molecule has 3 rings (SSSR count). The molecule has 1 aliphatic rings. The molecule has 0 aliphatic carbocycles. The van der Waals surface area contributed by atoms with Crippen LogP contribution in [0, 0.1) is 5.92 Å². The van der Waals surface area contributed by atoms with Crippen LogP contribution >= 0.6 is 15.9 Å². The van der Waals surface area contributed by atoms with E-state index in [0.717, 1.165) is 26.8 Å². The fourth-order valence-electron chi connectivity index (χ4n) is 3.39. The molecule has 0 bridgehead atoms. The lowest BCUT2D eigenvalue weighted by Crippen LogP contribution is -2.49. The molecule has 2 aromatic rings. The Balaban J connectivity index is 1.75. The number of esters is 1. The molecule has 162 valence electrons. The zero-order chi connectivity index (χ0) is 21.7. The largest absolute Gasteiger partial charge is 0.469 e. The van der Waals surface area contributed by atoms with E-state index >= 15 is 0 Å². The molecular formula is C22H28BrN3O4. The van der Waals surface area contributed by atoms with Crippen molar-refractivity contribution in [2.75, 3.05) is 44.8 Å². The van der Waals surface area contributed by atoms with E-state index in [2.05, 4.69) is 26.9 Å². The lowest BCUT2D eigenvalue weighted by Gasteiger charge is -2.36. The Labute approximate surface area is 185 Å². The second kappa shape index (κ2) is 10.1. The Kier molecular flexibility index (Phi) is 7.53. The van der Waals surface area contributed by atoms with Crippen molar-refractivity contribution in [2.45, 2.75) is 26.7 Å². The van der Waals surface area contributed by atoms with Gasteiger partial charge >= 0.3 is 12.1 Å². The molecule has 1 saturated heterocycles. The molecule has 1 aliphatic heterocycles. The number of amides is 1. The van der Waals surface area contributed by atoms with Crippen LogP contribution in [0.5, 0.6) is 0 Å². The average Bonchev–Trinajstić information content (AvgIpc) is 2.75. The quantitative estimate of drug-likeness (QED) is 0.585. The standard InChI is InChI=1S/C22H28BrN3O4/c1-15(2)14-30-22(28)26-10-8-25(9-11-26)19-13-17(23)12-16-4-5-18(24-21(16)19)6-7-20(27)29-3/h4-5,12-13,15H,6-11,14H2,1-3H3. The fourth-order valence-corrected chi connectivity index (χ4v) is 3.86. The van der Waals surface area contributed by atoms with Crippen molar-refractivity contribution in [2.24, 2.45) is 5.92 Å². The number of ether oxygens (including phenoxy) is 2. The van der Waals surface area contributed by atoms with E-state index in [1.807, 2.05) is 32.0 Å². The molecule has 0 radical (unpaired) electrons. The van der Waals surface area contributed by atoms with Gasteiger partial charge in [-0.15, -0.1) is 0 Å². The number of aryl methyl sites for hydroxylation is 1. The van der Waals surface area contributed by atoms with Gasteiger partial charge in [-0.1, -0.05) is 35.8 Å². The van der Waals surface area contributed by atoms with Gasteiger partial charge in [0.15, 0.2) is 0 Å². The summed E-state index contributed by atoms with van der Waals surface area (Å²) in [4.78, 5) is 32.5. The van der Waals surface area contributed by atoms with E-state index in [4.69, 9.17) is 14.5 Å². The maximum absolute atomic E-state index is 12.2. The van der Waals surface area contributed by atoms with E-state index in [9.17, 15) is 9.59 Å². The van der Waals surface area contributed by atoms with Gasteiger partial charge in [0, 0.05) is 48.2 Å². The van der Waals surface area contributed by atoms with E-state index in [1.54, 1.807) is 4.90 Å². The summed E-state index contributed by atoms with van der Waals surface area (Å²) in [5.74, 6) is 0.0797. The summed E-state index contributed by atoms with van der Waals surface area (Å²) < 4.78 is 11.1. The van der Waals surface area contributed by atoms with Crippen molar-refractivity contribution in [1.29, 1.82) is 0 Å². The van der Waals surface area contributed by atoms with Gasteiger partial charge in [-0.3, -0.25) is 9.78 Å². The predicted octanol–water partition coefficient (Wildman–Crippen LogP) is 4.02. The van der Waals surface area contributed by atoms with Crippen LogP contribution in [0.4, 0.5) is 10.5 Å². The topological polar surface area (TPSA) is 72.0 Å². The van der Waals surface area contributed by atoms with Crippen LogP contribution in [0.2, 0.25) is 0 Å². The van der Waals surface area contributed by atoms with Crippen LogP contribution in [0.3, 0.4) is 0 Å². The summed E-state index contributed by atoms with van der Waals surface area (Å²) in [6.07, 6.45) is 0.594. The third-order valence-corrected chi connectivity index (χ3v) is 5.48. The molecule has 1 aromatic carbocycles. The molecule has 1 amide bonds. The van der Waals surface area contributed by atoms with E-state index < -0.39 is 0 Å². The number of carbonyl (C=O) groups excluding carboxylic acids is 2. The molecular weight excluding hydrogens is 450 g/mol. The van der Waals surface area contributed by atoms with Crippen molar-refractivity contribution in [3.63, 3.8) is 0 Å². The normalized spacial score (nSPS) is 14.3. The third kappa shape index (κ3) is 5.62. The van der Waals surface area contributed by atoms with Crippen LogP contribution in [0.1, 0.15) is 26.0 Å². The molecule has 0 unspecified atom stereocenters. The number of benzene rings is 1. The van der Waals surface area contributed by atoms with Crippen LogP contribution in [-0.2, 0) is 20.7 Å². The summed E-state index contributed by atoms with van der Waals surface area (Å²) in [7, 11) is 1.39. The first-order valence-electron chi connectivity index (χ1n) is 10.2. The highest BCUT2D eigenvalue weighted by Crippen LogP contribution is 2.31. The maximum Gasteiger partial charge on any atom is 0.409 e. The maximum atomic E-state index is 12.2. The number of carbonyl (C=O) groups is 2. The Morgan fingerprint density at radius 2 is 1.90 bits per heavy atom. The first kappa shape index (κ1) is 22.3. The summed E-state index contributed by atoms with van der Waals surface area (Å²) >= 11 is 3.60. The molecule has 0 atom stereocenters. The van der Waals surface area contributed by atoms with Crippen molar-refractivity contribution in [1.82, 2.24) is 9.88 Å². The minimum Gasteiger partial charge on any atom is -0.469 e. The number of piperazine rings is 1. The third-order valence-electron chi connectivity index (χ3n) is 5.03. The Bertz CT molecular complexity index is 911. The number of rotatable bonds is 6. The molecule has 7 nitrogen and oxygen atoms in total. The highest BCUT2D eigenvalue weighted by Gasteiger charge is 2.24. The van der Waals surface area contributed by atoms with Crippen LogP contribution in [0.25, 0.3) is 10.9 Å². The lowest BCUT2D eigenvalue weighted by molar-refractivity contribution is -0.140. The second-order valence-electron chi connectivity index (χ2n) is 7.82. The first-order valence-corrected chi connectivity index (χ1v) is 11.0. The summed E-state index contributed by atoms with van der Waals surface area (Å²) in [6.45, 7) is 7.10. The fraction of sp³-hybridized carbons (Fsp3) is 0.500. The summed E-state index contributed by atoms with van der Waals surface area (Å²) in [6, 6.07) is 8.08. The molecule has 8 heteroatoms. The molecule has 0 saturated carbocycles. The van der Waals surface area contributed by atoms with Crippen molar-refractivity contribution in [3.8, 4) is 0 Å². The van der Waals surface area contributed by atoms with Crippen LogP contribution in [-0.4, -0.2) is 61.8 Å². The molecule has 1 fully saturated rings. The van der Waals surface area contributed by atoms with Gasteiger partial charge in [-0.2, -0.15) is 0 Å². The van der Waals surface area contributed by atoms with Crippen LogP contribution < -0.4 is 4.90 Å². The number of methoxy groups -OCH3 is 1. The molecule has 0 N–H and O–H groups in total. The minimum atomic E-state index is -0.245. The summed E-state index contributed by atoms with van der Waals surface area (Å²) in [5.41, 5.74) is 2.78. The predicted molar refractivity (Wildman–Crippen MR) is 120 cm³/mol. The van der Waals surface area contributed by atoms with Gasteiger partial charge in [-0.05, 0) is 24.1 Å². The van der Waals surface area contributed by atoms with Crippen molar-refractivity contribution >= 4 is 44.6 Å². The highest BCUT2D eigenvalue weighted by atomic mass is 79.9. The van der Waals surface area contributed by atoms with Gasteiger partial charge < -0.3 is 19.3 Å². The van der Waals surface area contributed by atoms with Gasteiger partial charge in [-0.25, -0.2) is 4.79 Å². The van der Waals surface area contributed by atoms with E-state index in [1.165, 1.54) is 7.11 Å². The number of anilines is 1. The zero-order valence-corrected chi connectivity index (χ0v) is 19.3. The lowest BCUT2D eigenvalue weighted by atomic mass is 10.1. The number of hydrogen-bond acceptors (Lipinski definition) is 6. The number of aromatic nitrogens is 1. The van der Waals surface area contributed by atoms with Crippen molar-refractivity contribution < 1.29 is 19.1 Å². The number of halogens is 1. The first-order chi connectivity index (χ1) is 14.4. The molecule has 2 heterocycles. The number of fused-ring (bicyclic) bond motifs is 1. The van der Waals surface area contributed by atoms with Gasteiger partial charge in [0.2, 0.25) is 0 Å². The number of hydrogen-bond donors (Lipinski definition) is 0. The Morgan fingerprint density at radius 1 is 1.17 bits per heavy atom. The molecule has 30 heavy (non-hydrogen) atoms. The summed E-state index contributed by atoms with van der Waals surface area (Å²) in [5, 5.41) is 1.03. The average molecular weight is 478 g/mol. The second-order valence-corrected chi connectivity index (χ2v) is 8.74. The van der Waals surface area contributed by atoms with Gasteiger partial charge in [0.05, 0.1) is 31.3 Å². The number of pyridine rings is 1. The van der Waals surface area contributed by atoms with E-state index in [-0.39, 0.29) is 12.1 Å². The Hall–Kier alpha value is -2.35. The monoisotopic (exact) mass is 477 g/mol. The highest BCUT2D eigenvalue weighted by molar-refractivity contribution is 9.10. The Morgan fingerprint density at radius 3 is 2.57 bits per heavy atom. The number of nitrogens with zero attached hydrogens (tertiary/aromatic N) is 3. The van der Waals surface area contributed by atoms with Gasteiger partial charge in [0.25, 0.3) is 0 Å². The molecule has 1 aromatic heterocycles. The molecule has 0 spiro atoms. The van der Waals surface area contributed by atoms with Crippen LogP contribution in [0.15, 0.2) is 28.7 Å². The minimum absolute atomic E-state index is 0.242. The SMILES string of the molecule is COC(=O)CCc1ccc2cc(Br)cc(N3CCN(C(=O)OCC(C)C)CC3)c2n1. The van der Waals surface area contributed by atoms with Gasteiger partial charge in [0.1, 0.15) is 0 Å². The van der Waals surface area contributed by atoms with Crippen molar-refractivity contribution in [3.05, 3.63) is 34.4 Å². The smallest absolute Gasteiger partial charge is 0.409 e. The zero-order valence-electron chi connectivity index (χ0n) is 17.7.